The highest BCUT2D eigenvalue weighted by Gasteiger charge is 2.39. The van der Waals surface area contributed by atoms with Gasteiger partial charge >= 0.3 is 0 Å². The van der Waals surface area contributed by atoms with Gasteiger partial charge in [0.15, 0.2) is 0 Å². The molecule has 0 amide bonds. The molecule has 1 aliphatic rings. The molecule has 4 heteroatoms. The molecule has 0 saturated heterocycles. The maximum atomic E-state index is 14.2. The van der Waals surface area contributed by atoms with Crippen LogP contribution in [0.5, 0.6) is 5.75 Å². The summed E-state index contributed by atoms with van der Waals surface area (Å²) in [5, 5.41) is 10.3. The lowest BCUT2D eigenvalue weighted by Crippen LogP contribution is -2.22. The van der Waals surface area contributed by atoms with E-state index >= 15 is 0 Å². The second-order valence-corrected chi connectivity index (χ2v) is 6.75. The molecule has 2 rings (SSSR count). The van der Waals surface area contributed by atoms with Gasteiger partial charge in [0.1, 0.15) is 18.5 Å². The summed E-state index contributed by atoms with van der Waals surface area (Å²) in [6.07, 6.45) is 5.15. The minimum absolute atomic E-state index is 0.0852. The monoisotopic (exact) mass is 336 g/mol. The van der Waals surface area contributed by atoms with Gasteiger partial charge in [-0.15, -0.1) is 0 Å². The summed E-state index contributed by atoms with van der Waals surface area (Å²) in [4.78, 5) is 0. The first-order chi connectivity index (χ1) is 11.6. The highest BCUT2D eigenvalue weighted by Crippen LogP contribution is 2.42. The number of hydrogen-bond donors (Lipinski definition) is 1. The van der Waals surface area contributed by atoms with Crippen LogP contribution in [0.4, 0.5) is 4.39 Å². The Labute approximate surface area is 144 Å². The van der Waals surface area contributed by atoms with Gasteiger partial charge in [0.25, 0.3) is 0 Å². The van der Waals surface area contributed by atoms with Gasteiger partial charge in [-0.25, -0.2) is 4.39 Å². The molecule has 1 aromatic carbocycles. The number of alkyl halides is 1. The Bertz CT molecular complexity index is 491. The van der Waals surface area contributed by atoms with E-state index in [4.69, 9.17) is 9.47 Å². The molecule has 0 aromatic heterocycles. The zero-order valence-electron chi connectivity index (χ0n) is 14.6. The Morgan fingerprint density at radius 2 is 2.04 bits per heavy atom. The predicted octanol–water partition coefficient (Wildman–Crippen LogP) is 4.37. The topological polar surface area (TPSA) is 38.7 Å². The fourth-order valence-corrected chi connectivity index (χ4v) is 3.74. The highest BCUT2D eigenvalue weighted by atomic mass is 19.1. The third-order valence-corrected chi connectivity index (χ3v) is 5.02. The van der Waals surface area contributed by atoms with E-state index in [1.54, 1.807) is 13.4 Å². The van der Waals surface area contributed by atoms with Gasteiger partial charge in [0.2, 0.25) is 0 Å². The van der Waals surface area contributed by atoms with E-state index in [1.165, 1.54) is 0 Å². The summed E-state index contributed by atoms with van der Waals surface area (Å²) in [7, 11) is 1.61. The normalized spacial score (nSPS) is 28.2. The van der Waals surface area contributed by atoms with Crippen molar-refractivity contribution in [3.05, 3.63) is 42.7 Å². The van der Waals surface area contributed by atoms with Crippen molar-refractivity contribution in [3.63, 3.8) is 0 Å². The number of benzene rings is 1. The van der Waals surface area contributed by atoms with E-state index in [9.17, 15) is 9.50 Å². The summed E-state index contributed by atoms with van der Waals surface area (Å²) >= 11 is 0. The molecule has 24 heavy (non-hydrogen) atoms. The third-order valence-electron chi connectivity index (χ3n) is 5.02. The van der Waals surface area contributed by atoms with Crippen LogP contribution < -0.4 is 4.74 Å². The van der Waals surface area contributed by atoms with Crippen molar-refractivity contribution in [2.45, 2.75) is 44.9 Å². The Morgan fingerprint density at radius 3 is 2.75 bits per heavy atom. The molecular weight excluding hydrogens is 307 g/mol. The number of allylic oxidation sites excluding steroid dienone is 1. The molecule has 1 aromatic rings. The summed E-state index contributed by atoms with van der Waals surface area (Å²) in [6, 6.07) is 9.33. The highest BCUT2D eigenvalue weighted by molar-refractivity contribution is 5.20. The van der Waals surface area contributed by atoms with Crippen LogP contribution in [0.3, 0.4) is 0 Å². The van der Waals surface area contributed by atoms with Crippen molar-refractivity contribution >= 4 is 0 Å². The summed E-state index contributed by atoms with van der Waals surface area (Å²) in [5.41, 5.74) is 0. The lowest BCUT2D eigenvalue weighted by atomic mass is 9.83. The van der Waals surface area contributed by atoms with Gasteiger partial charge in [-0.3, -0.25) is 0 Å². The third kappa shape index (κ3) is 5.52. The number of rotatable bonds is 9. The molecule has 0 bridgehead atoms. The molecule has 5 atom stereocenters. The largest absolute Gasteiger partial charge is 0.505 e. The van der Waals surface area contributed by atoms with Crippen LogP contribution in [0.25, 0.3) is 0 Å². The van der Waals surface area contributed by atoms with E-state index in [0.717, 1.165) is 19.3 Å². The molecule has 0 aliphatic heterocycles. The molecule has 134 valence electrons. The molecule has 1 fully saturated rings. The molecule has 0 radical (unpaired) electrons. The fraction of sp³-hybridized carbons (Fsp3) is 0.600. The molecule has 3 nitrogen and oxygen atoms in total. The molecule has 0 unspecified atom stereocenters. The van der Waals surface area contributed by atoms with Crippen LogP contribution in [0.15, 0.2) is 42.7 Å². The molecular formula is C20H29FO3. The van der Waals surface area contributed by atoms with E-state index in [2.05, 4.69) is 6.92 Å². The van der Waals surface area contributed by atoms with Gasteiger partial charge in [-0.05, 0) is 61.6 Å². The average Bonchev–Trinajstić information content (AvgIpc) is 2.85. The quantitative estimate of drug-likeness (QED) is 0.681. The first kappa shape index (κ1) is 18.8. The van der Waals surface area contributed by atoms with Crippen molar-refractivity contribution in [2.24, 2.45) is 17.8 Å². The molecule has 0 heterocycles. The van der Waals surface area contributed by atoms with Crippen LogP contribution in [0.2, 0.25) is 0 Å². The number of hydrogen-bond acceptors (Lipinski definition) is 3. The Hall–Kier alpha value is -1.55. The molecule has 1 saturated carbocycles. The van der Waals surface area contributed by atoms with Crippen LogP contribution in [0.1, 0.15) is 32.6 Å². The van der Waals surface area contributed by atoms with Gasteiger partial charge < -0.3 is 14.6 Å². The van der Waals surface area contributed by atoms with Gasteiger partial charge in [-0.1, -0.05) is 25.1 Å². The average molecular weight is 336 g/mol. The van der Waals surface area contributed by atoms with E-state index in [1.807, 2.05) is 36.4 Å². The van der Waals surface area contributed by atoms with E-state index in [0.29, 0.717) is 24.0 Å². The Balaban J connectivity index is 1.78. The minimum Gasteiger partial charge on any atom is -0.505 e. The molecule has 0 spiro atoms. The van der Waals surface area contributed by atoms with Gasteiger partial charge in [0.05, 0.1) is 19.5 Å². The number of aliphatic hydroxyl groups is 1. The zero-order valence-corrected chi connectivity index (χ0v) is 14.6. The molecule has 1 N–H and O–H groups in total. The minimum atomic E-state index is -0.981. The van der Waals surface area contributed by atoms with Crippen molar-refractivity contribution < 1.29 is 19.0 Å². The lowest BCUT2D eigenvalue weighted by molar-refractivity contribution is 0.110. The summed E-state index contributed by atoms with van der Waals surface area (Å²) in [6.45, 7) is 2.24. The number of aliphatic hydroxyl groups excluding tert-OH is 1. The van der Waals surface area contributed by atoms with Crippen LogP contribution in [0, 0.1) is 17.8 Å². The van der Waals surface area contributed by atoms with Crippen molar-refractivity contribution in [3.8, 4) is 5.75 Å². The van der Waals surface area contributed by atoms with Gasteiger partial charge in [-0.2, -0.15) is 0 Å². The van der Waals surface area contributed by atoms with Gasteiger partial charge in [0, 0.05) is 0 Å². The fourth-order valence-electron chi connectivity index (χ4n) is 3.74. The summed E-state index contributed by atoms with van der Waals surface area (Å²) in [5.74, 6) is 1.65. The second-order valence-electron chi connectivity index (χ2n) is 6.75. The number of para-hydroxylation sites is 1. The van der Waals surface area contributed by atoms with E-state index < -0.39 is 6.17 Å². The first-order valence-electron chi connectivity index (χ1n) is 8.79. The first-order valence-corrected chi connectivity index (χ1v) is 8.79. The zero-order chi connectivity index (χ0) is 17.4. The van der Waals surface area contributed by atoms with Crippen molar-refractivity contribution in [1.82, 2.24) is 0 Å². The van der Waals surface area contributed by atoms with Crippen molar-refractivity contribution in [1.29, 1.82) is 0 Å². The second kappa shape index (κ2) is 9.67. The Morgan fingerprint density at radius 1 is 1.29 bits per heavy atom. The van der Waals surface area contributed by atoms with Crippen molar-refractivity contribution in [2.75, 3.05) is 13.7 Å². The Kier molecular flexibility index (Phi) is 7.57. The number of methoxy groups -OCH3 is 1. The predicted molar refractivity (Wildman–Crippen MR) is 93.6 cm³/mol. The van der Waals surface area contributed by atoms with Crippen LogP contribution in [-0.2, 0) is 4.74 Å². The molecule has 1 aliphatic carbocycles. The van der Waals surface area contributed by atoms with Crippen LogP contribution >= 0.6 is 0 Å². The SMILES string of the molecule is CO/C=C\C[C@@H]1[C@@H](CC[C@@H](F)COc2ccccc2)[C@H](C)C[C@@H]1O. The number of ether oxygens (including phenoxy) is 2. The summed E-state index contributed by atoms with van der Waals surface area (Å²) < 4.78 is 24.6. The standard InChI is InChI=1S/C20H29FO3/c1-15-13-20(22)19(9-6-12-23-2)18(15)11-10-16(21)14-24-17-7-4-3-5-8-17/h3-8,12,15-16,18-20,22H,9-11,13-14H2,1-2H3/b12-6-/t15-,16-,18+,19-,20+/m1/s1. The van der Waals surface area contributed by atoms with Crippen LogP contribution in [-0.4, -0.2) is 31.1 Å². The smallest absolute Gasteiger partial charge is 0.134 e. The number of halogens is 1. The lowest BCUT2D eigenvalue weighted by Gasteiger charge is -2.24. The maximum Gasteiger partial charge on any atom is 0.134 e. The van der Waals surface area contributed by atoms with E-state index in [-0.39, 0.29) is 18.6 Å². The maximum absolute atomic E-state index is 14.2.